The SMILES string of the molecule is CC(NC(=O)C1CCC1C(=O)O)c1cc(F)c(Cl)cc1Cl. The zero-order chi connectivity index (χ0) is 15.7. The topological polar surface area (TPSA) is 66.4 Å². The third-order valence-electron chi connectivity index (χ3n) is 3.79. The summed E-state index contributed by atoms with van der Waals surface area (Å²) in [4.78, 5) is 23.0. The average Bonchev–Trinajstić information content (AvgIpc) is 2.31. The van der Waals surface area contributed by atoms with Gasteiger partial charge in [0.15, 0.2) is 0 Å². The molecule has 7 heteroatoms. The number of amides is 1. The number of carbonyl (C=O) groups excluding carboxylic acids is 1. The maximum atomic E-state index is 13.5. The number of rotatable bonds is 4. The summed E-state index contributed by atoms with van der Waals surface area (Å²) in [6, 6.07) is 1.91. The molecule has 2 rings (SSSR count). The molecule has 1 amide bonds. The van der Waals surface area contributed by atoms with Gasteiger partial charge < -0.3 is 10.4 Å². The van der Waals surface area contributed by atoms with Crippen LogP contribution in [-0.2, 0) is 9.59 Å². The predicted octanol–water partition coefficient (Wildman–Crippen LogP) is 3.42. The summed E-state index contributed by atoms with van der Waals surface area (Å²) in [5.74, 6) is -3.13. The summed E-state index contributed by atoms with van der Waals surface area (Å²) in [6.07, 6.45) is 1.04. The van der Waals surface area contributed by atoms with Gasteiger partial charge in [-0.3, -0.25) is 9.59 Å². The van der Waals surface area contributed by atoms with Crippen LogP contribution in [-0.4, -0.2) is 17.0 Å². The summed E-state index contributed by atoms with van der Waals surface area (Å²) in [7, 11) is 0. The number of benzene rings is 1. The lowest BCUT2D eigenvalue weighted by Gasteiger charge is -2.33. The first kappa shape index (κ1) is 16.0. The van der Waals surface area contributed by atoms with Gasteiger partial charge in [-0.25, -0.2) is 4.39 Å². The van der Waals surface area contributed by atoms with Gasteiger partial charge in [-0.2, -0.15) is 0 Å². The molecule has 3 unspecified atom stereocenters. The summed E-state index contributed by atoms with van der Waals surface area (Å²) in [6.45, 7) is 1.65. The fraction of sp³-hybridized carbons (Fsp3) is 0.429. The quantitative estimate of drug-likeness (QED) is 0.829. The second-order valence-electron chi connectivity index (χ2n) is 5.15. The summed E-state index contributed by atoms with van der Waals surface area (Å²) < 4.78 is 13.5. The van der Waals surface area contributed by atoms with Crippen LogP contribution in [0.5, 0.6) is 0 Å². The molecule has 1 aromatic carbocycles. The van der Waals surface area contributed by atoms with Gasteiger partial charge in [0.25, 0.3) is 0 Å². The van der Waals surface area contributed by atoms with Gasteiger partial charge in [0.05, 0.1) is 22.9 Å². The molecule has 0 heterocycles. The van der Waals surface area contributed by atoms with Crippen molar-refractivity contribution in [2.45, 2.75) is 25.8 Å². The fourth-order valence-corrected chi connectivity index (χ4v) is 2.92. The Kier molecular flexibility index (Phi) is 4.74. The van der Waals surface area contributed by atoms with Crippen molar-refractivity contribution in [2.24, 2.45) is 11.8 Å². The Labute approximate surface area is 131 Å². The molecule has 4 nitrogen and oxygen atoms in total. The minimum absolute atomic E-state index is 0.0905. The van der Waals surface area contributed by atoms with Crippen LogP contribution in [0.4, 0.5) is 4.39 Å². The maximum absolute atomic E-state index is 13.5. The molecule has 2 N–H and O–H groups in total. The number of carboxylic acid groups (broad SMARTS) is 1. The third-order valence-corrected chi connectivity index (χ3v) is 4.41. The van der Waals surface area contributed by atoms with Crippen LogP contribution in [0.1, 0.15) is 31.4 Å². The Morgan fingerprint density at radius 2 is 1.90 bits per heavy atom. The Morgan fingerprint density at radius 1 is 1.29 bits per heavy atom. The van der Waals surface area contributed by atoms with E-state index in [0.29, 0.717) is 18.4 Å². The van der Waals surface area contributed by atoms with Crippen LogP contribution in [0.3, 0.4) is 0 Å². The Balaban J connectivity index is 2.08. The van der Waals surface area contributed by atoms with E-state index in [1.54, 1.807) is 6.92 Å². The summed E-state index contributed by atoms with van der Waals surface area (Å²) in [5.41, 5.74) is 0.401. The van der Waals surface area contributed by atoms with Crippen LogP contribution in [0.25, 0.3) is 0 Å². The van der Waals surface area contributed by atoms with Gasteiger partial charge in [0, 0.05) is 5.02 Å². The summed E-state index contributed by atoms with van der Waals surface area (Å²) in [5, 5.41) is 11.8. The lowest BCUT2D eigenvalue weighted by Crippen LogP contribution is -2.44. The standard InChI is InChI=1S/C14H14Cl2FNO3/c1-6(9-4-12(17)11(16)5-10(9)15)18-13(19)7-2-3-8(7)14(20)21/h4-8H,2-3H2,1H3,(H,18,19)(H,20,21). The number of halogens is 3. The van der Waals surface area contributed by atoms with E-state index in [1.807, 2.05) is 0 Å². The van der Waals surface area contributed by atoms with Gasteiger partial charge in [0.2, 0.25) is 5.91 Å². The first-order valence-electron chi connectivity index (χ1n) is 6.49. The third kappa shape index (κ3) is 3.30. The largest absolute Gasteiger partial charge is 0.481 e. The smallest absolute Gasteiger partial charge is 0.307 e. The molecule has 0 spiro atoms. The molecular formula is C14H14Cl2FNO3. The van der Waals surface area contributed by atoms with Crippen LogP contribution in [0, 0.1) is 17.7 Å². The zero-order valence-electron chi connectivity index (χ0n) is 11.2. The van der Waals surface area contributed by atoms with E-state index in [4.69, 9.17) is 28.3 Å². The first-order chi connectivity index (χ1) is 9.81. The monoisotopic (exact) mass is 333 g/mol. The van der Waals surface area contributed by atoms with Crippen LogP contribution >= 0.6 is 23.2 Å². The molecule has 1 fully saturated rings. The molecule has 21 heavy (non-hydrogen) atoms. The van der Waals surface area contributed by atoms with E-state index in [1.165, 1.54) is 12.1 Å². The normalized spacial score (nSPS) is 22.3. The zero-order valence-corrected chi connectivity index (χ0v) is 12.7. The van der Waals surface area contributed by atoms with E-state index < -0.39 is 29.7 Å². The van der Waals surface area contributed by atoms with Gasteiger partial charge >= 0.3 is 5.97 Å². The van der Waals surface area contributed by atoms with Crippen molar-refractivity contribution in [1.82, 2.24) is 5.32 Å². The minimum Gasteiger partial charge on any atom is -0.481 e. The van der Waals surface area contributed by atoms with Gasteiger partial charge in [-0.05, 0) is 37.5 Å². The van der Waals surface area contributed by atoms with Crippen molar-refractivity contribution in [3.63, 3.8) is 0 Å². The van der Waals surface area contributed by atoms with Crippen LogP contribution in [0.15, 0.2) is 12.1 Å². The van der Waals surface area contributed by atoms with Crippen molar-refractivity contribution in [2.75, 3.05) is 0 Å². The highest BCUT2D eigenvalue weighted by molar-refractivity contribution is 6.35. The van der Waals surface area contributed by atoms with E-state index in [2.05, 4.69) is 5.32 Å². The highest BCUT2D eigenvalue weighted by Crippen LogP contribution is 2.35. The number of carboxylic acids is 1. The average molecular weight is 334 g/mol. The lowest BCUT2D eigenvalue weighted by molar-refractivity contribution is -0.152. The highest BCUT2D eigenvalue weighted by atomic mass is 35.5. The Morgan fingerprint density at radius 3 is 2.43 bits per heavy atom. The fourth-order valence-electron chi connectivity index (χ4n) is 2.38. The minimum atomic E-state index is -0.968. The number of hydrogen-bond donors (Lipinski definition) is 2. The maximum Gasteiger partial charge on any atom is 0.307 e. The molecule has 0 aliphatic heterocycles. The van der Waals surface area contributed by atoms with E-state index in [-0.39, 0.29) is 16.0 Å². The van der Waals surface area contributed by atoms with Gasteiger partial charge in [-0.1, -0.05) is 23.2 Å². The van der Waals surface area contributed by atoms with Gasteiger partial charge in [-0.15, -0.1) is 0 Å². The van der Waals surface area contributed by atoms with E-state index in [0.717, 1.165) is 0 Å². The molecule has 1 aliphatic rings. The molecule has 114 valence electrons. The Bertz CT molecular complexity index is 594. The first-order valence-corrected chi connectivity index (χ1v) is 7.24. The molecule has 0 aromatic heterocycles. The molecule has 0 saturated heterocycles. The van der Waals surface area contributed by atoms with Crippen molar-refractivity contribution in [1.29, 1.82) is 0 Å². The lowest BCUT2D eigenvalue weighted by atomic mass is 9.73. The molecule has 3 atom stereocenters. The predicted molar refractivity (Wildman–Crippen MR) is 76.8 cm³/mol. The number of hydrogen-bond acceptors (Lipinski definition) is 2. The van der Waals surface area contributed by atoms with Crippen molar-refractivity contribution < 1.29 is 19.1 Å². The Hall–Kier alpha value is -1.33. The highest BCUT2D eigenvalue weighted by Gasteiger charge is 2.41. The van der Waals surface area contributed by atoms with Crippen molar-refractivity contribution in [3.05, 3.63) is 33.6 Å². The molecule has 0 bridgehead atoms. The van der Waals surface area contributed by atoms with Crippen molar-refractivity contribution >= 4 is 35.1 Å². The second-order valence-corrected chi connectivity index (χ2v) is 5.96. The molecule has 0 radical (unpaired) electrons. The number of nitrogens with one attached hydrogen (secondary N) is 1. The molecule has 1 aromatic rings. The number of aliphatic carboxylic acids is 1. The van der Waals surface area contributed by atoms with Crippen LogP contribution in [0.2, 0.25) is 10.0 Å². The summed E-state index contributed by atoms with van der Waals surface area (Å²) >= 11 is 11.6. The second kappa shape index (κ2) is 6.20. The molecular weight excluding hydrogens is 320 g/mol. The van der Waals surface area contributed by atoms with Gasteiger partial charge in [0.1, 0.15) is 5.82 Å². The molecule has 1 aliphatic carbocycles. The number of carbonyl (C=O) groups is 2. The molecule has 1 saturated carbocycles. The van der Waals surface area contributed by atoms with E-state index >= 15 is 0 Å². The van der Waals surface area contributed by atoms with Crippen LogP contribution < -0.4 is 5.32 Å². The van der Waals surface area contributed by atoms with Crippen molar-refractivity contribution in [3.8, 4) is 0 Å². The van der Waals surface area contributed by atoms with E-state index in [9.17, 15) is 14.0 Å².